The Balaban J connectivity index is 1.76. The zero-order chi connectivity index (χ0) is 16.6. The van der Waals surface area contributed by atoms with Gasteiger partial charge in [-0.05, 0) is 56.0 Å². The van der Waals surface area contributed by atoms with Gasteiger partial charge in [0, 0.05) is 31.8 Å². The SMILES string of the molecule is CCOC(C)CCOCCOCCCCSSc1ccccn1. The monoisotopic (exact) mass is 359 g/mol. The molecule has 132 valence electrons. The number of ether oxygens (including phenoxy) is 3. The second kappa shape index (κ2) is 15.3. The molecule has 1 rings (SSSR count). The maximum atomic E-state index is 5.57. The standard InChI is InChI=1S/C17H29NO3S2/c1-3-21-16(2)9-12-20-14-13-19-11-6-7-15-22-23-17-8-4-5-10-18-17/h4-5,8,10,16H,3,6-7,9,11-15H2,1-2H3. The third kappa shape index (κ3) is 12.8. The van der Waals surface area contributed by atoms with Crippen LogP contribution in [0.4, 0.5) is 0 Å². The number of aromatic nitrogens is 1. The van der Waals surface area contributed by atoms with Crippen LogP contribution in [0.25, 0.3) is 0 Å². The van der Waals surface area contributed by atoms with E-state index in [0.29, 0.717) is 13.2 Å². The number of pyridine rings is 1. The molecule has 23 heavy (non-hydrogen) atoms. The van der Waals surface area contributed by atoms with E-state index in [0.717, 1.165) is 49.9 Å². The Bertz CT molecular complexity index is 368. The molecule has 1 heterocycles. The normalized spacial score (nSPS) is 12.4. The largest absolute Gasteiger partial charge is 0.379 e. The van der Waals surface area contributed by atoms with Crippen LogP contribution in [0, 0.1) is 0 Å². The Kier molecular flexibility index (Phi) is 13.8. The molecule has 0 radical (unpaired) electrons. The number of hydrogen-bond acceptors (Lipinski definition) is 6. The molecule has 0 aliphatic carbocycles. The van der Waals surface area contributed by atoms with Crippen molar-refractivity contribution in [2.75, 3.05) is 38.8 Å². The third-order valence-corrected chi connectivity index (χ3v) is 5.39. The van der Waals surface area contributed by atoms with Crippen molar-refractivity contribution in [3.63, 3.8) is 0 Å². The van der Waals surface area contributed by atoms with E-state index in [-0.39, 0.29) is 6.10 Å². The lowest BCUT2D eigenvalue weighted by Gasteiger charge is -2.11. The molecule has 0 aliphatic heterocycles. The molecule has 0 spiro atoms. The minimum atomic E-state index is 0.280. The summed E-state index contributed by atoms with van der Waals surface area (Å²) >= 11 is 0. The van der Waals surface area contributed by atoms with Crippen molar-refractivity contribution < 1.29 is 14.2 Å². The predicted octanol–water partition coefficient (Wildman–Crippen LogP) is 4.45. The molecule has 1 atom stereocenters. The van der Waals surface area contributed by atoms with Crippen molar-refractivity contribution in [3.8, 4) is 0 Å². The zero-order valence-corrected chi connectivity index (χ0v) is 15.9. The smallest absolute Gasteiger partial charge is 0.106 e. The van der Waals surface area contributed by atoms with Crippen LogP contribution in [-0.2, 0) is 14.2 Å². The second-order valence-corrected chi connectivity index (χ2v) is 7.50. The molecule has 0 N–H and O–H groups in total. The van der Waals surface area contributed by atoms with Crippen LogP contribution in [0.3, 0.4) is 0 Å². The van der Waals surface area contributed by atoms with Crippen LogP contribution in [-0.4, -0.2) is 49.9 Å². The molecule has 1 aromatic rings. The number of nitrogens with zero attached hydrogens (tertiary/aromatic N) is 1. The Hall–Kier alpha value is -0.270. The van der Waals surface area contributed by atoms with E-state index < -0.39 is 0 Å². The van der Waals surface area contributed by atoms with E-state index in [2.05, 4.69) is 11.9 Å². The van der Waals surface area contributed by atoms with E-state index in [9.17, 15) is 0 Å². The third-order valence-electron chi connectivity index (χ3n) is 3.04. The van der Waals surface area contributed by atoms with Crippen LogP contribution < -0.4 is 0 Å². The molecule has 1 aromatic heterocycles. The van der Waals surface area contributed by atoms with Crippen molar-refractivity contribution in [1.82, 2.24) is 4.98 Å². The van der Waals surface area contributed by atoms with Crippen molar-refractivity contribution in [2.45, 2.75) is 44.2 Å². The lowest BCUT2D eigenvalue weighted by atomic mass is 10.3. The molecule has 4 nitrogen and oxygen atoms in total. The average molecular weight is 360 g/mol. The number of hydrogen-bond donors (Lipinski definition) is 0. The first-order valence-electron chi connectivity index (χ1n) is 8.30. The second-order valence-electron chi connectivity index (χ2n) is 5.06. The van der Waals surface area contributed by atoms with Gasteiger partial charge in [0.15, 0.2) is 0 Å². The summed E-state index contributed by atoms with van der Waals surface area (Å²) in [6.07, 6.45) is 5.31. The maximum Gasteiger partial charge on any atom is 0.106 e. The van der Waals surface area contributed by atoms with Gasteiger partial charge in [0.05, 0.1) is 19.3 Å². The van der Waals surface area contributed by atoms with Crippen molar-refractivity contribution in [2.24, 2.45) is 0 Å². The van der Waals surface area contributed by atoms with Gasteiger partial charge in [0.25, 0.3) is 0 Å². The summed E-state index contributed by atoms with van der Waals surface area (Å²) in [5, 5.41) is 1.07. The molecule has 0 saturated carbocycles. The van der Waals surface area contributed by atoms with Gasteiger partial charge in [0.2, 0.25) is 0 Å². The van der Waals surface area contributed by atoms with Crippen LogP contribution in [0.2, 0.25) is 0 Å². The van der Waals surface area contributed by atoms with Gasteiger partial charge in [0.1, 0.15) is 5.03 Å². The molecule has 0 bridgehead atoms. The van der Waals surface area contributed by atoms with E-state index in [1.807, 2.05) is 42.1 Å². The quantitative estimate of drug-likeness (QED) is 0.340. The Morgan fingerprint density at radius 3 is 2.65 bits per heavy atom. The molecule has 0 amide bonds. The Morgan fingerprint density at radius 2 is 1.91 bits per heavy atom. The lowest BCUT2D eigenvalue weighted by Crippen LogP contribution is -2.13. The summed E-state index contributed by atoms with van der Waals surface area (Å²) in [4.78, 5) is 4.28. The summed E-state index contributed by atoms with van der Waals surface area (Å²) in [5.41, 5.74) is 0. The van der Waals surface area contributed by atoms with Crippen molar-refractivity contribution >= 4 is 21.6 Å². The molecular weight excluding hydrogens is 330 g/mol. The molecular formula is C17H29NO3S2. The molecule has 0 aromatic carbocycles. The number of unbranched alkanes of at least 4 members (excludes halogenated alkanes) is 1. The van der Waals surface area contributed by atoms with E-state index in [1.165, 1.54) is 0 Å². The Labute approximate surface area is 148 Å². The fourth-order valence-electron chi connectivity index (χ4n) is 1.80. The minimum absolute atomic E-state index is 0.280. The van der Waals surface area contributed by atoms with Crippen LogP contribution >= 0.6 is 21.6 Å². The number of rotatable bonds is 15. The van der Waals surface area contributed by atoms with E-state index in [1.54, 1.807) is 10.8 Å². The molecule has 0 saturated heterocycles. The topological polar surface area (TPSA) is 40.6 Å². The first kappa shape index (κ1) is 20.8. The fraction of sp³-hybridized carbons (Fsp3) is 0.706. The van der Waals surface area contributed by atoms with Gasteiger partial charge >= 0.3 is 0 Å². The maximum absolute atomic E-state index is 5.57. The van der Waals surface area contributed by atoms with Crippen molar-refractivity contribution in [3.05, 3.63) is 24.4 Å². The van der Waals surface area contributed by atoms with Crippen LogP contribution in [0.1, 0.15) is 33.1 Å². The fourth-order valence-corrected chi connectivity index (χ4v) is 3.83. The predicted molar refractivity (Wildman–Crippen MR) is 99.1 cm³/mol. The highest BCUT2D eigenvalue weighted by Gasteiger charge is 2.00. The Morgan fingerprint density at radius 1 is 1.09 bits per heavy atom. The summed E-state index contributed by atoms with van der Waals surface area (Å²) in [5.74, 6) is 1.12. The summed E-state index contributed by atoms with van der Waals surface area (Å²) in [6.45, 7) is 7.76. The van der Waals surface area contributed by atoms with E-state index >= 15 is 0 Å². The lowest BCUT2D eigenvalue weighted by molar-refractivity contribution is 0.0158. The highest BCUT2D eigenvalue weighted by atomic mass is 33.1. The van der Waals surface area contributed by atoms with Crippen LogP contribution in [0.5, 0.6) is 0 Å². The highest BCUT2D eigenvalue weighted by Crippen LogP contribution is 2.29. The van der Waals surface area contributed by atoms with Gasteiger partial charge in [-0.1, -0.05) is 16.9 Å². The summed E-state index contributed by atoms with van der Waals surface area (Å²) < 4.78 is 16.5. The van der Waals surface area contributed by atoms with Gasteiger partial charge < -0.3 is 14.2 Å². The van der Waals surface area contributed by atoms with Crippen molar-refractivity contribution in [1.29, 1.82) is 0 Å². The first-order valence-corrected chi connectivity index (χ1v) is 10.6. The van der Waals surface area contributed by atoms with Gasteiger partial charge in [-0.25, -0.2) is 4.98 Å². The van der Waals surface area contributed by atoms with Crippen LogP contribution in [0.15, 0.2) is 29.4 Å². The first-order chi connectivity index (χ1) is 11.3. The molecule has 0 fully saturated rings. The summed E-state index contributed by atoms with van der Waals surface area (Å²) in [6, 6.07) is 5.99. The molecule has 1 unspecified atom stereocenters. The average Bonchev–Trinajstić information content (AvgIpc) is 2.57. The van der Waals surface area contributed by atoms with Gasteiger partial charge in [-0.15, -0.1) is 0 Å². The highest BCUT2D eigenvalue weighted by molar-refractivity contribution is 8.76. The van der Waals surface area contributed by atoms with E-state index in [4.69, 9.17) is 14.2 Å². The zero-order valence-electron chi connectivity index (χ0n) is 14.2. The minimum Gasteiger partial charge on any atom is -0.379 e. The summed E-state index contributed by atoms with van der Waals surface area (Å²) in [7, 11) is 3.59. The molecule has 6 heteroatoms. The van der Waals surface area contributed by atoms with Gasteiger partial charge in [-0.2, -0.15) is 0 Å². The van der Waals surface area contributed by atoms with Gasteiger partial charge in [-0.3, -0.25) is 0 Å². The molecule has 0 aliphatic rings.